The largest absolute Gasteiger partial charge is 0.332 e. The molecule has 1 aliphatic rings. The van der Waals surface area contributed by atoms with Crippen LogP contribution in [0.5, 0.6) is 0 Å². The van der Waals surface area contributed by atoms with Gasteiger partial charge in [0, 0.05) is 12.0 Å². The molecular weight excluding hydrogens is 184 g/mol. The second-order valence-corrected chi connectivity index (χ2v) is 2.96. The molecular formula is C9H10F4. The Morgan fingerprint density at radius 3 is 2.31 bits per heavy atom. The molecule has 0 saturated heterocycles. The Morgan fingerprint density at radius 1 is 1.31 bits per heavy atom. The molecule has 1 rings (SSSR count). The van der Waals surface area contributed by atoms with Crippen molar-refractivity contribution in [2.75, 3.05) is 0 Å². The monoisotopic (exact) mass is 194 g/mol. The molecule has 0 aromatic heterocycles. The van der Waals surface area contributed by atoms with Crippen molar-refractivity contribution in [2.45, 2.75) is 31.6 Å². The average molecular weight is 194 g/mol. The zero-order valence-corrected chi connectivity index (χ0v) is 7.16. The summed E-state index contributed by atoms with van der Waals surface area (Å²) >= 11 is 0. The average Bonchev–Trinajstić information content (AvgIpc) is 2.56. The van der Waals surface area contributed by atoms with Crippen LogP contribution in [0, 0.1) is 0 Å². The minimum atomic E-state index is -4.01. The molecule has 0 bridgehead atoms. The number of halogens is 4. The Kier molecular flexibility index (Phi) is 2.50. The number of rotatable bonds is 3. The molecule has 0 atom stereocenters. The van der Waals surface area contributed by atoms with Gasteiger partial charge in [-0.1, -0.05) is 25.2 Å². The molecule has 0 N–H and O–H groups in total. The third-order valence-corrected chi connectivity index (χ3v) is 2.08. The zero-order chi connectivity index (χ0) is 10.1. The Labute approximate surface area is 73.9 Å². The van der Waals surface area contributed by atoms with Crippen molar-refractivity contribution in [1.29, 1.82) is 0 Å². The predicted molar refractivity (Wildman–Crippen MR) is 42.0 cm³/mol. The topological polar surface area (TPSA) is 0 Å². The summed E-state index contributed by atoms with van der Waals surface area (Å²) in [6.07, 6.45) is 2.94. The van der Waals surface area contributed by atoms with Gasteiger partial charge >= 0.3 is 11.8 Å². The second-order valence-electron chi connectivity index (χ2n) is 2.96. The summed E-state index contributed by atoms with van der Waals surface area (Å²) in [6, 6.07) is 0. The molecule has 0 aromatic rings. The van der Waals surface area contributed by atoms with Crippen molar-refractivity contribution in [2.24, 2.45) is 0 Å². The highest BCUT2D eigenvalue weighted by Gasteiger charge is 2.56. The van der Waals surface area contributed by atoms with E-state index in [1.54, 1.807) is 0 Å². The molecule has 0 radical (unpaired) electrons. The number of hydrogen-bond acceptors (Lipinski definition) is 0. The highest BCUT2D eigenvalue weighted by atomic mass is 19.3. The molecule has 0 spiro atoms. The van der Waals surface area contributed by atoms with E-state index in [0.29, 0.717) is 0 Å². The summed E-state index contributed by atoms with van der Waals surface area (Å²) in [4.78, 5) is 0. The lowest BCUT2D eigenvalue weighted by Gasteiger charge is -2.26. The van der Waals surface area contributed by atoms with Crippen LogP contribution in [0.3, 0.4) is 0 Å². The lowest BCUT2D eigenvalue weighted by Crippen LogP contribution is -2.41. The van der Waals surface area contributed by atoms with Crippen LogP contribution in [0.2, 0.25) is 0 Å². The molecule has 0 saturated carbocycles. The normalized spacial score (nSPS) is 17.8. The third-order valence-electron chi connectivity index (χ3n) is 2.08. The van der Waals surface area contributed by atoms with Crippen molar-refractivity contribution in [3.05, 3.63) is 23.8 Å². The van der Waals surface area contributed by atoms with Gasteiger partial charge < -0.3 is 0 Å². The first-order chi connectivity index (χ1) is 5.92. The van der Waals surface area contributed by atoms with Crippen molar-refractivity contribution in [3.8, 4) is 0 Å². The Balaban J connectivity index is 2.88. The van der Waals surface area contributed by atoms with Crippen LogP contribution < -0.4 is 0 Å². The first-order valence-electron chi connectivity index (χ1n) is 4.03. The van der Waals surface area contributed by atoms with Gasteiger partial charge in [0.15, 0.2) is 0 Å². The summed E-state index contributed by atoms with van der Waals surface area (Å²) in [5.74, 6) is -7.95. The van der Waals surface area contributed by atoms with Gasteiger partial charge in [-0.25, -0.2) is 0 Å². The van der Waals surface area contributed by atoms with E-state index in [9.17, 15) is 17.6 Å². The van der Waals surface area contributed by atoms with Crippen LogP contribution in [0.4, 0.5) is 17.6 Å². The molecule has 0 aliphatic heterocycles. The van der Waals surface area contributed by atoms with Gasteiger partial charge in [0.1, 0.15) is 0 Å². The van der Waals surface area contributed by atoms with Crippen molar-refractivity contribution >= 4 is 0 Å². The fourth-order valence-corrected chi connectivity index (χ4v) is 1.14. The van der Waals surface area contributed by atoms with Gasteiger partial charge in [-0.2, -0.15) is 17.6 Å². The maximum Gasteiger partial charge on any atom is 0.332 e. The van der Waals surface area contributed by atoms with E-state index in [1.165, 1.54) is 12.2 Å². The van der Waals surface area contributed by atoms with Crippen molar-refractivity contribution in [1.82, 2.24) is 0 Å². The highest BCUT2D eigenvalue weighted by Crippen LogP contribution is 2.44. The fraction of sp³-hybridized carbons (Fsp3) is 0.556. The summed E-state index contributed by atoms with van der Waals surface area (Å²) < 4.78 is 51.6. The van der Waals surface area contributed by atoms with Gasteiger partial charge in [-0.05, 0) is 6.42 Å². The van der Waals surface area contributed by atoms with Crippen LogP contribution in [0.15, 0.2) is 23.8 Å². The van der Waals surface area contributed by atoms with E-state index in [2.05, 4.69) is 0 Å². The number of allylic oxidation sites excluding steroid dienone is 4. The van der Waals surface area contributed by atoms with Gasteiger partial charge in [0.25, 0.3) is 0 Å². The SMILES string of the molecule is CCC(F)(F)C(F)(F)C1=CC=CC1. The number of alkyl halides is 4. The Morgan fingerprint density at radius 2 is 1.92 bits per heavy atom. The first-order valence-corrected chi connectivity index (χ1v) is 4.03. The molecule has 4 heteroatoms. The summed E-state index contributed by atoms with van der Waals surface area (Å²) in [5, 5.41) is 0. The maximum absolute atomic E-state index is 13.0. The van der Waals surface area contributed by atoms with Crippen molar-refractivity contribution < 1.29 is 17.6 Å². The van der Waals surface area contributed by atoms with Crippen LogP contribution in [-0.4, -0.2) is 11.8 Å². The smallest absolute Gasteiger partial charge is 0.200 e. The highest BCUT2D eigenvalue weighted by molar-refractivity contribution is 5.30. The Bertz CT molecular complexity index is 250. The standard InChI is InChI=1S/C9H10F4/c1-2-8(10,11)9(12,13)7-5-3-4-6-7/h3-5H,2,6H2,1H3. The van der Waals surface area contributed by atoms with Crippen LogP contribution in [0.25, 0.3) is 0 Å². The summed E-state index contributed by atoms with van der Waals surface area (Å²) in [7, 11) is 0. The van der Waals surface area contributed by atoms with Crippen LogP contribution >= 0.6 is 0 Å². The quantitative estimate of drug-likeness (QED) is 0.602. The summed E-state index contributed by atoms with van der Waals surface area (Å²) in [5.41, 5.74) is -0.501. The zero-order valence-electron chi connectivity index (χ0n) is 7.16. The van der Waals surface area contributed by atoms with E-state index in [-0.39, 0.29) is 6.42 Å². The van der Waals surface area contributed by atoms with Crippen LogP contribution in [0.1, 0.15) is 19.8 Å². The fourth-order valence-electron chi connectivity index (χ4n) is 1.14. The third kappa shape index (κ3) is 1.62. The summed E-state index contributed by atoms with van der Waals surface area (Å²) in [6.45, 7) is 1.05. The molecule has 0 fully saturated rings. The molecule has 0 amide bonds. The molecule has 13 heavy (non-hydrogen) atoms. The molecule has 0 nitrogen and oxygen atoms in total. The minimum absolute atomic E-state index is 0.0808. The lowest BCUT2D eigenvalue weighted by atomic mass is 10.00. The van der Waals surface area contributed by atoms with Crippen molar-refractivity contribution in [3.63, 3.8) is 0 Å². The molecule has 0 aromatic carbocycles. The minimum Gasteiger partial charge on any atom is -0.200 e. The van der Waals surface area contributed by atoms with Gasteiger partial charge in [-0.15, -0.1) is 0 Å². The predicted octanol–water partition coefficient (Wildman–Crippen LogP) is 3.55. The van der Waals surface area contributed by atoms with Gasteiger partial charge in [0.2, 0.25) is 0 Å². The van der Waals surface area contributed by atoms with E-state index in [0.717, 1.165) is 13.0 Å². The van der Waals surface area contributed by atoms with E-state index in [1.807, 2.05) is 0 Å². The van der Waals surface area contributed by atoms with Gasteiger partial charge in [-0.3, -0.25) is 0 Å². The van der Waals surface area contributed by atoms with Gasteiger partial charge in [0.05, 0.1) is 0 Å². The van der Waals surface area contributed by atoms with E-state index >= 15 is 0 Å². The lowest BCUT2D eigenvalue weighted by molar-refractivity contribution is -0.187. The van der Waals surface area contributed by atoms with E-state index < -0.39 is 23.8 Å². The molecule has 1 aliphatic carbocycles. The molecule has 0 heterocycles. The first kappa shape index (κ1) is 10.3. The van der Waals surface area contributed by atoms with E-state index in [4.69, 9.17) is 0 Å². The second kappa shape index (κ2) is 3.16. The molecule has 0 unspecified atom stereocenters. The maximum atomic E-state index is 13.0. The molecule has 74 valence electrons. The van der Waals surface area contributed by atoms with Crippen LogP contribution in [-0.2, 0) is 0 Å². The number of hydrogen-bond donors (Lipinski definition) is 0. The Hall–Kier alpha value is -0.800.